The van der Waals surface area contributed by atoms with Crippen LogP contribution < -0.4 is 10.5 Å². The summed E-state index contributed by atoms with van der Waals surface area (Å²) in [6.45, 7) is 4.09. The number of morpholine rings is 1. The van der Waals surface area contributed by atoms with Crippen LogP contribution >= 0.6 is 11.6 Å². The molecule has 1 fully saturated rings. The van der Waals surface area contributed by atoms with Crippen molar-refractivity contribution in [3.8, 4) is 0 Å². The van der Waals surface area contributed by atoms with Crippen LogP contribution in [0.3, 0.4) is 0 Å². The summed E-state index contributed by atoms with van der Waals surface area (Å²) in [6.07, 6.45) is 1.72. The van der Waals surface area contributed by atoms with E-state index in [-0.39, 0.29) is 16.7 Å². The Bertz CT molecular complexity index is 407. The summed E-state index contributed by atoms with van der Waals surface area (Å²) in [7, 11) is 0. The number of nitrogens with zero attached hydrogens (tertiary/aromatic N) is 2. The van der Waals surface area contributed by atoms with E-state index >= 15 is 0 Å². The van der Waals surface area contributed by atoms with Gasteiger partial charge in [0, 0.05) is 13.1 Å². The second-order valence-corrected chi connectivity index (χ2v) is 3.90. The molecule has 0 radical (unpaired) electrons. The number of hydrogen-bond donors (Lipinski definition) is 1. The van der Waals surface area contributed by atoms with Crippen LogP contribution in [-0.4, -0.2) is 36.0 Å². The standard InChI is InChI=1S/C9H12ClN3O2/c1-6-5-13(2-3-15-6)7-4-11-12-9(14)8(7)10/h4,6H,2-3,5H2,1H3,(H,12,14). The number of nitrogens with one attached hydrogen (secondary N) is 1. The number of aromatic nitrogens is 2. The zero-order valence-electron chi connectivity index (χ0n) is 8.36. The minimum Gasteiger partial charge on any atom is -0.375 e. The van der Waals surface area contributed by atoms with Gasteiger partial charge < -0.3 is 9.64 Å². The van der Waals surface area contributed by atoms with Crippen LogP contribution in [0.25, 0.3) is 0 Å². The van der Waals surface area contributed by atoms with Crippen molar-refractivity contribution in [1.82, 2.24) is 10.2 Å². The molecule has 1 atom stereocenters. The molecule has 2 heterocycles. The summed E-state index contributed by atoms with van der Waals surface area (Å²) in [5.74, 6) is 0. The highest BCUT2D eigenvalue weighted by atomic mass is 35.5. The van der Waals surface area contributed by atoms with Gasteiger partial charge in [-0.15, -0.1) is 0 Å². The molecular weight excluding hydrogens is 218 g/mol. The van der Waals surface area contributed by atoms with Gasteiger partial charge >= 0.3 is 0 Å². The third-order valence-corrected chi connectivity index (χ3v) is 2.72. The molecule has 1 aromatic rings. The molecule has 0 aromatic carbocycles. The number of rotatable bonds is 1. The Morgan fingerprint density at radius 2 is 2.53 bits per heavy atom. The molecule has 2 rings (SSSR count). The topological polar surface area (TPSA) is 58.2 Å². The quantitative estimate of drug-likeness (QED) is 0.768. The van der Waals surface area contributed by atoms with Gasteiger partial charge in [-0.25, -0.2) is 5.10 Å². The Morgan fingerprint density at radius 1 is 1.73 bits per heavy atom. The van der Waals surface area contributed by atoms with E-state index in [2.05, 4.69) is 10.2 Å². The molecule has 6 heteroatoms. The van der Waals surface area contributed by atoms with E-state index in [1.807, 2.05) is 11.8 Å². The first-order valence-electron chi connectivity index (χ1n) is 4.78. The maximum Gasteiger partial charge on any atom is 0.285 e. The fourth-order valence-corrected chi connectivity index (χ4v) is 1.84. The Morgan fingerprint density at radius 3 is 3.27 bits per heavy atom. The van der Waals surface area contributed by atoms with Gasteiger partial charge in [0.05, 0.1) is 24.6 Å². The zero-order valence-corrected chi connectivity index (χ0v) is 9.12. The minimum absolute atomic E-state index is 0.147. The van der Waals surface area contributed by atoms with Gasteiger partial charge in [0.2, 0.25) is 0 Å². The normalized spacial score (nSPS) is 21.7. The lowest BCUT2D eigenvalue weighted by Gasteiger charge is -2.32. The van der Waals surface area contributed by atoms with Crippen molar-refractivity contribution in [2.45, 2.75) is 13.0 Å². The monoisotopic (exact) mass is 229 g/mol. The van der Waals surface area contributed by atoms with Gasteiger partial charge in [0.25, 0.3) is 5.56 Å². The van der Waals surface area contributed by atoms with Crippen LogP contribution in [-0.2, 0) is 4.74 Å². The highest BCUT2D eigenvalue weighted by Crippen LogP contribution is 2.22. The average Bonchev–Trinajstić information content (AvgIpc) is 2.22. The van der Waals surface area contributed by atoms with Crippen molar-refractivity contribution in [3.05, 3.63) is 21.6 Å². The summed E-state index contributed by atoms with van der Waals surface area (Å²) in [4.78, 5) is 13.3. The van der Waals surface area contributed by atoms with Crippen molar-refractivity contribution in [2.24, 2.45) is 0 Å². The molecule has 1 aliphatic heterocycles. The predicted molar refractivity (Wildman–Crippen MR) is 57.5 cm³/mol. The molecule has 15 heavy (non-hydrogen) atoms. The molecule has 1 unspecified atom stereocenters. The Balaban J connectivity index is 2.28. The van der Waals surface area contributed by atoms with Crippen molar-refractivity contribution < 1.29 is 4.74 Å². The van der Waals surface area contributed by atoms with Gasteiger partial charge in [-0.1, -0.05) is 11.6 Å². The van der Waals surface area contributed by atoms with Gasteiger partial charge in [0.15, 0.2) is 0 Å². The third kappa shape index (κ3) is 2.13. The Labute approximate surface area is 92.0 Å². The smallest absolute Gasteiger partial charge is 0.285 e. The second-order valence-electron chi connectivity index (χ2n) is 3.53. The van der Waals surface area contributed by atoms with E-state index < -0.39 is 0 Å². The Kier molecular flexibility index (Phi) is 2.93. The summed E-state index contributed by atoms with van der Waals surface area (Å²) < 4.78 is 5.41. The molecule has 0 aliphatic carbocycles. The van der Waals surface area contributed by atoms with Crippen molar-refractivity contribution in [3.63, 3.8) is 0 Å². The molecule has 5 nitrogen and oxygen atoms in total. The lowest BCUT2D eigenvalue weighted by molar-refractivity contribution is 0.0532. The number of aromatic amines is 1. The van der Waals surface area contributed by atoms with Crippen LogP contribution in [0, 0.1) is 0 Å². The first-order chi connectivity index (χ1) is 7.18. The second kappa shape index (κ2) is 4.20. The van der Waals surface area contributed by atoms with Crippen LogP contribution in [0.2, 0.25) is 5.02 Å². The minimum atomic E-state index is -0.353. The highest BCUT2D eigenvalue weighted by Gasteiger charge is 2.20. The predicted octanol–water partition coefficient (Wildman–Crippen LogP) is 0.648. The van der Waals surface area contributed by atoms with Crippen molar-refractivity contribution in [1.29, 1.82) is 0 Å². The maximum atomic E-state index is 11.3. The van der Waals surface area contributed by atoms with E-state index in [4.69, 9.17) is 16.3 Å². The molecule has 1 aromatic heterocycles. The third-order valence-electron chi connectivity index (χ3n) is 2.36. The first-order valence-corrected chi connectivity index (χ1v) is 5.16. The summed E-state index contributed by atoms with van der Waals surface area (Å²) in [6, 6.07) is 0. The largest absolute Gasteiger partial charge is 0.375 e. The number of ether oxygens (including phenoxy) is 1. The Hall–Kier alpha value is -1.07. The lowest BCUT2D eigenvalue weighted by Crippen LogP contribution is -2.41. The van der Waals surface area contributed by atoms with Crippen LogP contribution in [0.5, 0.6) is 0 Å². The SMILES string of the molecule is CC1CN(c2cn[nH]c(=O)c2Cl)CCO1. The van der Waals surface area contributed by atoms with E-state index in [0.717, 1.165) is 13.1 Å². The lowest BCUT2D eigenvalue weighted by atomic mass is 10.3. The first kappa shape index (κ1) is 10.4. The number of hydrogen-bond acceptors (Lipinski definition) is 4. The van der Waals surface area contributed by atoms with Crippen LogP contribution in [0.1, 0.15) is 6.92 Å². The van der Waals surface area contributed by atoms with Crippen LogP contribution in [0.4, 0.5) is 5.69 Å². The van der Waals surface area contributed by atoms with Gasteiger partial charge in [0.1, 0.15) is 5.02 Å². The molecule has 1 N–H and O–H groups in total. The molecule has 1 saturated heterocycles. The molecule has 0 spiro atoms. The summed E-state index contributed by atoms with van der Waals surface area (Å²) in [5, 5.41) is 6.23. The summed E-state index contributed by atoms with van der Waals surface area (Å²) >= 11 is 5.91. The summed E-state index contributed by atoms with van der Waals surface area (Å²) in [5.41, 5.74) is 0.323. The van der Waals surface area contributed by atoms with E-state index in [1.165, 1.54) is 0 Å². The van der Waals surface area contributed by atoms with Gasteiger partial charge in [-0.2, -0.15) is 5.10 Å². The van der Waals surface area contributed by atoms with Gasteiger partial charge in [-0.3, -0.25) is 4.79 Å². The molecule has 0 saturated carbocycles. The molecule has 0 amide bonds. The molecule has 1 aliphatic rings. The van der Waals surface area contributed by atoms with Crippen molar-refractivity contribution >= 4 is 17.3 Å². The van der Waals surface area contributed by atoms with E-state index in [1.54, 1.807) is 6.20 Å². The fraction of sp³-hybridized carbons (Fsp3) is 0.556. The van der Waals surface area contributed by atoms with Crippen LogP contribution in [0.15, 0.2) is 11.0 Å². The average molecular weight is 230 g/mol. The highest BCUT2D eigenvalue weighted by molar-refractivity contribution is 6.32. The van der Waals surface area contributed by atoms with E-state index in [9.17, 15) is 4.79 Å². The number of H-pyrrole nitrogens is 1. The molecule has 82 valence electrons. The molecule has 0 bridgehead atoms. The van der Waals surface area contributed by atoms with Gasteiger partial charge in [-0.05, 0) is 6.92 Å². The number of halogens is 1. The van der Waals surface area contributed by atoms with E-state index in [0.29, 0.717) is 12.3 Å². The number of anilines is 1. The maximum absolute atomic E-state index is 11.3. The molecular formula is C9H12ClN3O2. The zero-order chi connectivity index (χ0) is 10.8. The van der Waals surface area contributed by atoms with Crippen molar-refractivity contribution in [2.75, 3.05) is 24.6 Å². The fourth-order valence-electron chi connectivity index (χ4n) is 1.63.